The summed E-state index contributed by atoms with van der Waals surface area (Å²) in [4.78, 5) is 17.0. The van der Waals surface area contributed by atoms with Gasteiger partial charge in [-0.05, 0) is 48.6 Å². The summed E-state index contributed by atoms with van der Waals surface area (Å²) in [5.41, 5.74) is 1.69. The Morgan fingerprint density at radius 1 is 1.30 bits per heavy atom. The summed E-state index contributed by atoms with van der Waals surface area (Å²) in [5, 5.41) is 2.88. The minimum Gasteiger partial charge on any atom is -0.495 e. The van der Waals surface area contributed by atoms with Gasteiger partial charge in [0.15, 0.2) is 0 Å². The second-order valence-corrected chi connectivity index (χ2v) is 9.71. The molecule has 8 heteroatoms. The van der Waals surface area contributed by atoms with Crippen molar-refractivity contribution in [2.24, 2.45) is 5.92 Å². The molecular formula is C22H29N3O4S. The highest BCUT2D eigenvalue weighted by molar-refractivity contribution is 7.89. The van der Waals surface area contributed by atoms with E-state index in [1.807, 2.05) is 38.1 Å². The summed E-state index contributed by atoms with van der Waals surface area (Å²) in [7, 11) is -2.31. The van der Waals surface area contributed by atoms with Crippen LogP contribution in [-0.2, 0) is 21.4 Å². The Labute approximate surface area is 178 Å². The summed E-state index contributed by atoms with van der Waals surface area (Å²) >= 11 is 0. The molecule has 1 aromatic carbocycles. The smallest absolute Gasteiger partial charge is 0.246 e. The Morgan fingerprint density at radius 2 is 2.10 bits per heavy atom. The molecule has 1 saturated heterocycles. The maximum atomic E-state index is 13.4. The number of ether oxygens (including phenoxy) is 1. The van der Waals surface area contributed by atoms with Crippen molar-refractivity contribution in [1.29, 1.82) is 0 Å². The van der Waals surface area contributed by atoms with E-state index in [0.717, 1.165) is 11.3 Å². The average molecular weight is 432 g/mol. The van der Waals surface area contributed by atoms with Crippen LogP contribution in [0, 0.1) is 5.92 Å². The zero-order valence-corrected chi connectivity index (χ0v) is 18.5. The highest BCUT2D eigenvalue weighted by Crippen LogP contribution is 2.32. The van der Waals surface area contributed by atoms with Crippen LogP contribution in [0.5, 0.6) is 5.75 Å². The first-order valence-corrected chi connectivity index (χ1v) is 11.6. The molecule has 162 valence electrons. The van der Waals surface area contributed by atoms with Crippen LogP contribution in [0.25, 0.3) is 0 Å². The highest BCUT2D eigenvalue weighted by Gasteiger charge is 2.35. The first-order chi connectivity index (χ1) is 14.3. The van der Waals surface area contributed by atoms with Gasteiger partial charge in [-0.25, -0.2) is 8.42 Å². The highest BCUT2D eigenvalue weighted by atomic mass is 32.2. The van der Waals surface area contributed by atoms with Crippen LogP contribution in [0.1, 0.15) is 43.9 Å². The second-order valence-electron chi connectivity index (χ2n) is 7.81. The quantitative estimate of drug-likeness (QED) is 0.728. The molecule has 0 radical (unpaired) electrons. The Kier molecular flexibility index (Phi) is 7.10. The maximum absolute atomic E-state index is 13.4. The molecule has 1 aliphatic heterocycles. The predicted molar refractivity (Wildman–Crippen MR) is 115 cm³/mol. The standard InChI is InChI=1S/C22H29N3O4S/c1-16(2)17-9-10-20(29-3)21(13-17)30(27,28)25-12-6-7-18(15-25)22(26)24-14-19-8-4-5-11-23-19/h4-5,8-11,13,16,18H,6-7,12,14-15H2,1-3H3,(H,24,26)/t18-/m0/s1. The molecule has 1 N–H and O–H groups in total. The van der Waals surface area contributed by atoms with Crippen molar-refractivity contribution in [2.45, 2.75) is 44.0 Å². The minimum atomic E-state index is -3.78. The SMILES string of the molecule is COc1ccc(C(C)C)cc1S(=O)(=O)N1CCC[C@H](C(=O)NCc2ccccn2)C1. The van der Waals surface area contributed by atoms with Gasteiger partial charge in [0.05, 0.1) is 25.3 Å². The van der Waals surface area contributed by atoms with Gasteiger partial charge in [0, 0.05) is 19.3 Å². The van der Waals surface area contributed by atoms with Crippen LogP contribution in [0.4, 0.5) is 0 Å². The lowest BCUT2D eigenvalue weighted by atomic mass is 9.99. The van der Waals surface area contributed by atoms with Crippen LogP contribution < -0.4 is 10.1 Å². The summed E-state index contributed by atoms with van der Waals surface area (Å²) < 4.78 is 33.5. The van der Waals surface area contributed by atoms with Crippen molar-refractivity contribution in [2.75, 3.05) is 20.2 Å². The first-order valence-electron chi connectivity index (χ1n) is 10.2. The van der Waals surface area contributed by atoms with E-state index in [4.69, 9.17) is 4.74 Å². The lowest BCUT2D eigenvalue weighted by Crippen LogP contribution is -2.45. The van der Waals surface area contributed by atoms with Crippen molar-refractivity contribution in [3.63, 3.8) is 0 Å². The molecule has 0 spiro atoms. The van der Waals surface area contributed by atoms with Crippen molar-refractivity contribution < 1.29 is 17.9 Å². The van der Waals surface area contributed by atoms with Crippen LogP contribution >= 0.6 is 0 Å². The normalized spacial score (nSPS) is 17.7. The molecule has 1 amide bonds. The van der Waals surface area contributed by atoms with E-state index < -0.39 is 15.9 Å². The molecule has 3 rings (SSSR count). The molecule has 0 saturated carbocycles. The number of rotatable bonds is 7. The molecule has 0 bridgehead atoms. The topological polar surface area (TPSA) is 88.6 Å². The Morgan fingerprint density at radius 3 is 2.77 bits per heavy atom. The van der Waals surface area contributed by atoms with Crippen LogP contribution in [-0.4, -0.2) is 43.8 Å². The molecule has 1 atom stereocenters. The third-order valence-electron chi connectivity index (χ3n) is 5.40. The van der Waals surface area contributed by atoms with Crippen LogP contribution in [0.3, 0.4) is 0 Å². The van der Waals surface area contributed by atoms with Gasteiger partial charge < -0.3 is 10.1 Å². The largest absolute Gasteiger partial charge is 0.495 e. The number of carbonyl (C=O) groups excluding carboxylic acids is 1. The number of aromatic nitrogens is 1. The molecule has 30 heavy (non-hydrogen) atoms. The number of sulfonamides is 1. The maximum Gasteiger partial charge on any atom is 0.246 e. The fourth-order valence-electron chi connectivity index (χ4n) is 3.59. The van der Waals surface area contributed by atoms with Gasteiger partial charge in [-0.1, -0.05) is 26.0 Å². The lowest BCUT2D eigenvalue weighted by Gasteiger charge is -2.31. The molecule has 2 heterocycles. The predicted octanol–water partition coefficient (Wildman–Crippen LogP) is 2.93. The van der Waals surface area contributed by atoms with E-state index in [1.54, 1.807) is 18.3 Å². The number of nitrogens with one attached hydrogen (secondary N) is 1. The number of hydrogen-bond acceptors (Lipinski definition) is 5. The number of benzene rings is 1. The van der Waals surface area contributed by atoms with Gasteiger partial charge in [0.25, 0.3) is 0 Å². The van der Waals surface area contributed by atoms with E-state index >= 15 is 0 Å². The molecule has 2 aromatic rings. The van der Waals surface area contributed by atoms with Crippen molar-refractivity contribution in [3.8, 4) is 5.75 Å². The number of carbonyl (C=O) groups is 1. The summed E-state index contributed by atoms with van der Waals surface area (Å²) in [5.74, 6) is -0.0302. The van der Waals surface area contributed by atoms with Crippen LogP contribution in [0.2, 0.25) is 0 Å². The van der Waals surface area contributed by atoms with Gasteiger partial charge in [0.1, 0.15) is 10.6 Å². The fourth-order valence-corrected chi connectivity index (χ4v) is 5.31. The number of amides is 1. The summed E-state index contributed by atoms with van der Waals surface area (Å²) in [6.07, 6.45) is 2.96. The average Bonchev–Trinajstić information content (AvgIpc) is 2.77. The molecule has 0 aliphatic carbocycles. The van der Waals surface area contributed by atoms with E-state index in [2.05, 4.69) is 10.3 Å². The van der Waals surface area contributed by atoms with E-state index in [1.165, 1.54) is 11.4 Å². The van der Waals surface area contributed by atoms with Gasteiger partial charge in [-0.3, -0.25) is 9.78 Å². The Bertz CT molecular complexity index is 977. The monoisotopic (exact) mass is 431 g/mol. The number of piperidine rings is 1. The number of methoxy groups -OCH3 is 1. The molecule has 1 aromatic heterocycles. The van der Waals surface area contributed by atoms with Gasteiger partial charge in [-0.2, -0.15) is 4.31 Å². The molecule has 7 nitrogen and oxygen atoms in total. The van der Waals surface area contributed by atoms with E-state index in [9.17, 15) is 13.2 Å². The molecule has 1 fully saturated rings. The minimum absolute atomic E-state index is 0.150. The number of pyridine rings is 1. The Balaban J connectivity index is 1.75. The van der Waals surface area contributed by atoms with Crippen molar-refractivity contribution in [1.82, 2.24) is 14.6 Å². The van der Waals surface area contributed by atoms with Crippen LogP contribution in [0.15, 0.2) is 47.5 Å². The molecular weight excluding hydrogens is 402 g/mol. The van der Waals surface area contributed by atoms with Gasteiger partial charge in [-0.15, -0.1) is 0 Å². The zero-order valence-electron chi connectivity index (χ0n) is 17.7. The number of nitrogens with zero attached hydrogens (tertiary/aromatic N) is 2. The van der Waals surface area contributed by atoms with Gasteiger partial charge in [0.2, 0.25) is 15.9 Å². The fraction of sp³-hybridized carbons (Fsp3) is 0.455. The third kappa shape index (κ3) is 4.99. The second kappa shape index (κ2) is 9.57. The number of hydrogen-bond donors (Lipinski definition) is 1. The summed E-state index contributed by atoms with van der Waals surface area (Å²) in [6, 6.07) is 10.8. The first kappa shape index (κ1) is 22.2. The Hall–Kier alpha value is -2.45. The zero-order chi connectivity index (χ0) is 21.7. The van der Waals surface area contributed by atoms with E-state index in [0.29, 0.717) is 31.7 Å². The summed E-state index contributed by atoms with van der Waals surface area (Å²) in [6.45, 7) is 4.90. The molecule has 0 unspecified atom stereocenters. The van der Waals surface area contributed by atoms with Crippen molar-refractivity contribution in [3.05, 3.63) is 53.9 Å². The van der Waals surface area contributed by atoms with Crippen molar-refractivity contribution >= 4 is 15.9 Å². The lowest BCUT2D eigenvalue weighted by molar-refractivity contribution is -0.126. The molecule has 1 aliphatic rings. The van der Waals surface area contributed by atoms with Gasteiger partial charge >= 0.3 is 0 Å². The third-order valence-corrected chi connectivity index (χ3v) is 7.28. The van der Waals surface area contributed by atoms with E-state index in [-0.39, 0.29) is 23.3 Å².